The summed E-state index contributed by atoms with van der Waals surface area (Å²) < 4.78 is 34.7. The molecule has 1 saturated heterocycles. The summed E-state index contributed by atoms with van der Waals surface area (Å²) in [6.45, 7) is -0.775. The average Bonchev–Trinajstić information content (AvgIpc) is 3.40. The molecule has 9 N–H and O–H groups in total. The number of nitrogens with one attached hydrogen (secondary N) is 1. The number of hydrogen-bond acceptors (Lipinski definition) is 12. The van der Waals surface area contributed by atoms with Gasteiger partial charge in [-0.25, -0.2) is 4.98 Å². The zero-order valence-corrected chi connectivity index (χ0v) is 25.2. The molecular formula is C23H33ClN6O11P2. The first-order chi connectivity index (χ1) is 20.0. The van der Waals surface area contributed by atoms with Crippen molar-refractivity contribution in [2.24, 2.45) is 23.0 Å². The molecule has 4 bridgehead atoms. The molecule has 0 spiro atoms. The van der Waals surface area contributed by atoms with Gasteiger partial charge < -0.3 is 50.3 Å². The SMILES string of the molecule is NC(C(=O)Nc1nc(Cl)nc2c1ncn2[C@@H]1O[C@H](COP(=O)(O)CP(=O)(O)O)[C@H](O)[C@@H]1O)C12CC3C[C@H](C1)C[C@@](O)(C3)C2. The molecule has 238 valence electrons. The van der Waals surface area contributed by atoms with Crippen LogP contribution in [0.25, 0.3) is 11.2 Å². The van der Waals surface area contributed by atoms with E-state index in [4.69, 9.17) is 36.4 Å². The number of nitrogens with zero attached hydrogens (tertiary/aromatic N) is 4. The first kappa shape index (κ1) is 31.4. The smallest absolute Gasteiger partial charge is 0.340 e. The van der Waals surface area contributed by atoms with Crippen molar-refractivity contribution >= 4 is 49.7 Å². The molecule has 43 heavy (non-hydrogen) atoms. The van der Waals surface area contributed by atoms with Crippen LogP contribution in [0.3, 0.4) is 0 Å². The van der Waals surface area contributed by atoms with E-state index in [1.807, 2.05) is 0 Å². The number of ether oxygens (including phenoxy) is 1. The zero-order chi connectivity index (χ0) is 31.1. The molecule has 2 aromatic rings. The summed E-state index contributed by atoms with van der Waals surface area (Å²) in [4.78, 5) is 53.6. The molecular weight excluding hydrogens is 634 g/mol. The molecule has 0 aromatic carbocycles. The molecule has 5 aliphatic rings. The summed E-state index contributed by atoms with van der Waals surface area (Å²) in [5, 5.41) is 34.7. The van der Waals surface area contributed by atoms with Gasteiger partial charge in [0.15, 0.2) is 29.1 Å². The third-order valence-electron chi connectivity index (χ3n) is 9.07. The summed E-state index contributed by atoms with van der Waals surface area (Å²) in [7, 11) is -9.62. The number of hydrogen-bond donors (Lipinski definition) is 8. The highest BCUT2D eigenvalue weighted by atomic mass is 35.5. The van der Waals surface area contributed by atoms with Crippen molar-refractivity contribution in [1.82, 2.24) is 19.5 Å². The lowest BCUT2D eigenvalue weighted by atomic mass is 9.46. The number of aromatic nitrogens is 4. The van der Waals surface area contributed by atoms with Crippen LogP contribution in [0.5, 0.6) is 0 Å². The lowest BCUT2D eigenvalue weighted by Gasteiger charge is -2.61. The quantitative estimate of drug-likeness (QED) is 0.130. The maximum atomic E-state index is 13.5. The minimum Gasteiger partial charge on any atom is -0.390 e. The second kappa shape index (κ2) is 10.7. The van der Waals surface area contributed by atoms with Crippen molar-refractivity contribution in [3.05, 3.63) is 11.6 Å². The van der Waals surface area contributed by atoms with E-state index in [1.165, 1.54) is 10.9 Å². The van der Waals surface area contributed by atoms with Gasteiger partial charge in [-0.3, -0.25) is 18.5 Å². The van der Waals surface area contributed by atoms with Gasteiger partial charge in [0.2, 0.25) is 11.2 Å². The normalized spacial score (nSPS) is 37.5. The van der Waals surface area contributed by atoms with E-state index < -0.39 is 75.2 Å². The van der Waals surface area contributed by atoms with Gasteiger partial charge in [-0.1, -0.05) is 0 Å². The number of imidazole rings is 1. The van der Waals surface area contributed by atoms with Gasteiger partial charge in [-0.15, -0.1) is 0 Å². The zero-order valence-electron chi connectivity index (χ0n) is 22.6. The van der Waals surface area contributed by atoms with Crippen LogP contribution >= 0.6 is 26.8 Å². The molecule has 17 nitrogen and oxygen atoms in total. The van der Waals surface area contributed by atoms with E-state index in [0.29, 0.717) is 18.3 Å². The molecule has 20 heteroatoms. The summed E-state index contributed by atoms with van der Waals surface area (Å²) in [5.74, 6) is -1.37. The highest BCUT2D eigenvalue weighted by Gasteiger charge is 2.60. The number of nitrogens with two attached hydrogens (primary N) is 1. The molecule has 1 aliphatic heterocycles. The van der Waals surface area contributed by atoms with Crippen molar-refractivity contribution in [1.29, 1.82) is 0 Å². The molecule has 4 aliphatic carbocycles. The largest absolute Gasteiger partial charge is 0.390 e. The van der Waals surface area contributed by atoms with Crippen molar-refractivity contribution in [3.63, 3.8) is 0 Å². The Morgan fingerprint density at radius 2 is 1.86 bits per heavy atom. The maximum Gasteiger partial charge on any atom is 0.340 e. The molecule has 4 unspecified atom stereocenters. The Bertz CT molecular complexity index is 1520. The number of carbonyl (C=O) groups is 1. The van der Waals surface area contributed by atoms with E-state index in [2.05, 4.69) is 20.3 Å². The first-order valence-corrected chi connectivity index (χ1v) is 17.6. The summed E-state index contributed by atoms with van der Waals surface area (Å²) in [5.41, 5.74) is 5.28. The highest BCUT2D eigenvalue weighted by Crippen LogP contribution is 2.62. The van der Waals surface area contributed by atoms with E-state index in [-0.39, 0.29) is 22.3 Å². The fraction of sp³-hybridized carbons (Fsp3) is 0.739. The third kappa shape index (κ3) is 6.03. The van der Waals surface area contributed by atoms with Crippen LogP contribution in [0, 0.1) is 17.3 Å². The van der Waals surface area contributed by atoms with Gasteiger partial charge in [0, 0.05) is 0 Å². The maximum absolute atomic E-state index is 13.5. The highest BCUT2D eigenvalue weighted by molar-refractivity contribution is 7.70. The molecule has 5 fully saturated rings. The lowest BCUT2D eigenvalue weighted by Crippen LogP contribution is -2.63. The Morgan fingerprint density at radius 1 is 1.19 bits per heavy atom. The summed E-state index contributed by atoms with van der Waals surface area (Å²) in [6.07, 6.45) is -0.340. The van der Waals surface area contributed by atoms with E-state index in [9.17, 15) is 34.1 Å². The van der Waals surface area contributed by atoms with Crippen molar-refractivity contribution in [3.8, 4) is 0 Å². The van der Waals surface area contributed by atoms with E-state index in [1.54, 1.807) is 0 Å². The number of rotatable bonds is 9. The second-order valence-electron chi connectivity index (χ2n) is 12.5. The second-order valence-corrected chi connectivity index (χ2v) is 16.8. The van der Waals surface area contributed by atoms with Gasteiger partial charge >= 0.3 is 15.2 Å². The molecule has 7 rings (SSSR count). The van der Waals surface area contributed by atoms with Crippen LogP contribution in [0.2, 0.25) is 5.28 Å². The molecule has 0 radical (unpaired) electrons. The van der Waals surface area contributed by atoms with Crippen LogP contribution in [0.15, 0.2) is 6.33 Å². The van der Waals surface area contributed by atoms with Crippen LogP contribution < -0.4 is 11.1 Å². The Balaban J connectivity index is 1.20. The number of fused-ring (bicyclic) bond motifs is 1. The third-order valence-corrected chi connectivity index (χ3v) is 12.7. The molecule has 4 saturated carbocycles. The van der Waals surface area contributed by atoms with E-state index in [0.717, 1.165) is 32.1 Å². The van der Waals surface area contributed by atoms with Crippen LogP contribution in [0.4, 0.5) is 5.82 Å². The Hall–Kier alpha value is -1.59. The summed E-state index contributed by atoms with van der Waals surface area (Å²) >= 11 is 6.17. The Labute approximate surface area is 249 Å². The van der Waals surface area contributed by atoms with Gasteiger partial charge in [-0.2, -0.15) is 9.97 Å². The monoisotopic (exact) mass is 666 g/mol. The first-order valence-electron chi connectivity index (χ1n) is 13.7. The van der Waals surface area contributed by atoms with Crippen molar-refractivity contribution in [2.75, 3.05) is 17.8 Å². The number of amides is 1. The number of halogens is 1. The molecule has 2 aromatic heterocycles. The van der Waals surface area contributed by atoms with Gasteiger partial charge in [0.05, 0.1) is 24.6 Å². The van der Waals surface area contributed by atoms with Gasteiger partial charge in [0.1, 0.15) is 18.3 Å². The minimum absolute atomic E-state index is 0.0140. The Kier molecular flexibility index (Phi) is 7.85. The number of aliphatic hydroxyl groups is 3. The van der Waals surface area contributed by atoms with Crippen molar-refractivity contribution in [2.45, 2.75) is 74.7 Å². The van der Waals surface area contributed by atoms with Crippen LogP contribution in [0.1, 0.15) is 44.8 Å². The summed E-state index contributed by atoms with van der Waals surface area (Å²) in [6, 6.07) is -0.931. The van der Waals surface area contributed by atoms with Gasteiger partial charge in [0.25, 0.3) is 0 Å². The fourth-order valence-corrected chi connectivity index (χ4v) is 10.6. The molecule has 1 amide bonds. The van der Waals surface area contributed by atoms with Crippen LogP contribution in [-0.4, -0.2) is 97.9 Å². The van der Waals surface area contributed by atoms with Gasteiger partial charge in [-0.05, 0) is 67.4 Å². The number of aliphatic hydroxyl groups excluding tert-OH is 2. The predicted octanol–water partition coefficient (Wildman–Crippen LogP) is 0.0332. The molecule has 10 atom stereocenters. The lowest BCUT2D eigenvalue weighted by molar-refractivity contribution is -0.172. The fourth-order valence-electron chi connectivity index (χ4n) is 7.84. The standard InChI is InChI=1S/C23H33ClN6O11P2/c24-21-28-17(27-19(33)16(25)22-2-10-1-11(3-22)5-23(34,4-10)7-22)13-18(29-21)30(8-26-13)20-15(32)14(31)12(41-20)6-40-43(38,39)9-42(35,36)37/h8,10-12,14-16,20,31-32,34H,1-7,9,25H2,(H,38,39)(H2,35,36,37)(H,27,28,29,33)/t10-,11?,12-,14+,15+,16?,20-,22?,23-/m1/s1. The number of anilines is 1. The van der Waals surface area contributed by atoms with Crippen LogP contribution in [-0.2, 0) is 23.2 Å². The predicted molar refractivity (Wildman–Crippen MR) is 148 cm³/mol. The number of carbonyl (C=O) groups excluding carboxylic acids is 1. The Morgan fingerprint density at radius 3 is 2.49 bits per heavy atom. The topological polar surface area (TPSA) is 273 Å². The van der Waals surface area contributed by atoms with E-state index >= 15 is 0 Å². The average molecular weight is 667 g/mol. The molecule has 3 heterocycles. The minimum atomic E-state index is -4.88. The van der Waals surface area contributed by atoms with Crippen molar-refractivity contribution < 1.29 is 53.2 Å².